The van der Waals surface area contributed by atoms with Crippen LogP contribution in [0.3, 0.4) is 0 Å². The first-order chi connectivity index (χ1) is 0. The van der Waals surface area contributed by atoms with Crippen molar-refractivity contribution in [2.45, 2.75) is 0 Å². The zero-order valence-electron chi connectivity index (χ0n) is 4.50. The average Bonchev–Trinajstić information content (AvgIpc) is 0. The molecule has 0 aromatic heterocycles. The van der Waals surface area contributed by atoms with E-state index in [0.717, 1.165) is 0 Å². The smallest absolute Gasteiger partial charge is 1.00 e. The van der Waals surface area contributed by atoms with Gasteiger partial charge in [-0.25, -0.2) is 0 Å². The van der Waals surface area contributed by atoms with Crippen LogP contribution in [0, 0.1) is 22.3 Å². The molecule has 0 aromatic rings. The Morgan fingerprint density at radius 1 is 0.750 bits per heavy atom. The van der Waals surface area contributed by atoms with Gasteiger partial charge in [0.1, 0.15) is 0 Å². The Bertz CT molecular complexity index is 6.85. The first-order valence-corrected chi connectivity index (χ1v) is 0. The van der Waals surface area contributed by atoms with Crippen molar-refractivity contribution in [3.05, 3.63) is 22.3 Å². The van der Waals surface area contributed by atoms with E-state index in [9.17, 15) is 0 Å². The topological polar surface area (TPSA) is 0 Å². The Hall–Kier alpha value is 0.883. The van der Waals surface area contributed by atoms with E-state index < -0.39 is 0 Å². The molecule has 0 rings (SSSR count). The summed E-state index contributed by atoms with van der Waals surface area (Å²) in [6.45, 7) is 0. The van der Waals surface area contributed by atoms with Crippen molar-refractivity contribution in [3.63, 3.8) is 0 Å². The van der Waals surface area contributed by atoms with E-state index in [1.807, 2.05) is 0 Å². The van der Waals surface area contributed by atoms with Gasteiger partial charge in [-0.2, -0.15) is 0 Å². The molecule has 0 spiro atoms. The summed E-state index contributed by atoms with van der Waals surface area (Å²) in [6, 6.07) is 0. The fourth-order valence-corrected chi connectivity index (χ4v) is 0. The van der Waals surface area contributed by atoms with Crippen molar-refractivity contribution < 1.29 is 27.6 Å². The maximum absolute atomic E-state index is 0. The maximum Gasteiger partial charge on any atom is 4.00 e. The van der Waals surface area contributed by atoms with E-state index in [1.165, 1.54) is 0 Å². The number of rotatable bonds is 0. The van der Waals surface area contributed by atoms with Crippen molar-refractivity contribution in [2.24, 2.45) is 0 Å². The van der Waals surface area contributed by atoms with Crippen LogP contribution in [0.15, 0.2) is 0 Å². The van der Waals surface area contributed by atoms with Crippen LogP contribution in [0.2, 0.25) is 0 Å². The largest absolute Gasteiger partial charge is 4.00 e. The molecule has 0 nitrogen and oxygen atoms in total. The molecule has 0 N–H and O–H groups in total. The van der Waals surface area contributed by atoms with Crippen LogP contribution in [0.4, 0.5) is 0 Å². The summed E-state index contributed by atoms with van der Waals surface area (Å²) < 4.78 is 0. The van der Waals surface area contributed by atoms with E-state index in [0.29, 0.717) is 0 Å². The summed E-state index contributed by atoms with van der Waals surface area (Å²) >= 11 is 0. The molecule has 0 saturated heterocycles. The van der Waals surface area contributed by atoms with Crippen LogP contribution in [0.5, 0.6) is 0 Å². The zero-order chi connectivity index (χ0) is 0. The third kappa shape index (κ3) is 13.1. The molecule has 0 aliphatic heterocycles. The molecule has 0 heterocycles. The average molecular weight is 137 g/mol. The second-order valence-electron chi connectivity index (χ2n) is 0. The molecule has 26 valence electrons. The van der Waals surface area contributed by atoms with Crippen LogP contribution in [-0.2, 0) is 26.2 Å². The molecule has 0 radical (unpaired) electrons. The monoisotopic (exact) mass is 136 g/mol. The predicted octanol–water partition coefficient (Wildman–Crippen LogP) is 1.46. The Balaban J connectivity index is 0. The fraction of sp³-hybridized carbons (Fsp3) is 0. The molecule has 0 fully saturated rings. The normalized spacial score (nSPS) is 0. The van der Waals surface area contributed by atoms with Gasteiger partial charge in [0.25, 0.3) is 0 Å². The molecule has 0 atom stereocenters. The van der Waals surface area contributed by atoms with Crippen LogP contribution >= 0.6 is 0 Å². The third-order valence-corrected chi connectivity index (χ3v) is 0. The van der Waals surface area contributed by atoms with Gasteiger partial charge in [-0.3, -0.25) is 0 Å². The first kappa shape index (κ1) is 94.4. The molecule has 0 amide bonds. The summed E-state index contributed by atoms with van der Waals surface area (Å²) in [7, 11) is 0. The van der Waals surface area contributed by atoms with E-state index >= 15 is 0 Å². The Morgan fingerprint density at radius 2 is 0.750 bits per heavy atom. The molecular formula is C3H10Zr. The van der Waals surface area contributed by atoms with Gasteiger partial charge in [0.05, 0.1) is 0 Å². The molecule has 0 saturated carbocycles. The second kappa shape index (κ2) is 41.4. The Labute approximate surface area is 50.2 Å². The minimum absolute atomic E-state index is 0. The van der Waals surface area contributed by atoms with E-state index in [2.05, 4.69) is 0 Å². The van der Waals surface area contributed by atoms with E-state index in [1.54, 1.807) is 0 Å². The van der Waals surface area contributed by atoms with Crippen LogP contribution in [0.1, 0.15) is 1.43 Å². The third-order valence-electron chi connectivity index (χ3n) is 0. The van der Waals surface area contributed by atoms with Gasteiger partial charge in [0, 0.05) is 0 Å². The molecule has 0 aliphatic rings. The minimum atomic E-state index is 0. The Morgan fingerprint density at radius 3 is 0.750 bits per heavy atom. The SMILES string of the molecule is [CH3-].[CH3-].[CH3-].[H-].[Zr+4]. The van der Waals surface area contributed by atoms with Crippen LogP contribution in [0.25, 0.3) is 0 Å². The zero-order valence-corrected chi connectivity index (χ0v) is 5.96. The van der Waals surface area contributed by atoms with Crippen molar-refractivity contribution in [3.8, 4) is 0 Å². The maximum atomic E-state index is 0. The number of hydrogen-bond donors (Lipinski definition) is 0. The molecule has 4 heavy (non-hydrogen) atoms. The van der Waals surface area contributed by atoms with Crippen molar-refractivity contribution in [1.29, 1.82) is 0 Å². The van der Waals surface area contributed by atoms with Gasteiger partial charge < -0.3 is 23.7 Å². The molecule has 0 aromatic carbocycles. The molecular weight excluding hydrogens is 127 g/mol. The summed E-state index contributed by atoms with van der Waals surface area (Å²) in [5.41, 5.74) is 0. The molecule has 0 aliphatic carbocycles. The summed E-state index contributed by atoms with van der Waals surface area (Å²) in [5, 5.41) is 0. The molecule has 1 heteroatoms. The summed E-state index contributed by atoms with van der Waals surface area (Å²) in [5.74, 6) is 0. The van der Waals surface area contributed by atoms with Gasteiger partial charge in [-0.1, -0.05) is 0 Å². The van der Waals surface area contributed by atoms with Crippen molar-refractivity contribution in [2.75, 3.05) is 0 Å². The van der Waals surface area contributed by atoms with Crippen LogP contribution < -0.4 is 0 Å². The molecule has 0 unspecified atom stereocenters. The van der Waals surface area contributed by atoms with E-state index in [-0.39, 0.29) is 49.9 Å². The fourth-order valence-electron chi connectivity index (χ4n) is 0. The quantitative estimate of drug-likeness (QED) is 0.443. The van der Waals surface area contributed by atoms with Crippen molar-refractivity contribution >= 4 is 0 Å². The Kier molecular flexibility index (Phi) is 977. The standard InChI is InChI=1S/3CH3.Zr.H/h3*1H3;;/q3*-1;+4;-1. The van der Waals surface area contributed by atoms with Crippen LogP contribution in [-0.4, -0.2) is 0 Å². The van der Waals surface area contributed by atoms with Gasteiger partial charge >= 0.3 is 26.2 Å². The minimum Gasteiger partial charge on any atom is -1.00 e. The first-order valence-electron chi connectivity index (χ1n) is 0. The number of hydrogen-bond acceptors (Lipinski definition) is 0. The van der Waals surface area contributed by atoms with Gasteiger partial charge in [0.15, 0.2) is 0 Å². The second-order valence-corrected chi connectivity index (χ2v) is 0. The van der Waals surface area contributed by atoms with Gasteiger partial charge in [-0.15, -0.1) is 0 Å². The predicted molar refractivity (Wildman–Crippen MR) is 20.4 cm³/mol. The molecule has 0 bridgehead atoms. The summed E-state index contributed by atoms with van der Waals surface area (Å²) in [6.07, 6.45) is 0. The van der Waals surface area contributed by atoms with E-state index in [4.69, 9.17) is 0 Å². The van der Waals surface area contributed by atoms with Crippen molar-refractivity contribution in [1.82, 2.24) is 0 Å². The summed E-state index contributed by atoms with van der Waals surface area (Å²) in [4.78, 5) is 0. The van der Waals surface area contributed by atoms with Gasteiger partial charge in [0.2, 0.25) is 0 Å². The van der Waals surface area contributed by atoms with Gasteiger partial charge in [-0.05, 0) is 0 Å².